The van der Waals surface area contributed by atoms with Crippen LogP contribution in [0.5, 0.6) is 0 Å². The van der Waals surface area contributed by atoms with Gasteiger partial charge in [0.15, 0.2) is 0 Å². The van der Waals surface area contributed by atoms with Gasteiger partial charge in [0.1, 0.15) is 0 Å². The van der Waals surface area contributed by atoms with Gasteiger partial charge in [-0.05, 0) is 64.0 Å². The summed E-state index contributed by atoms with van der Waals surface area (Å²) in [7, 11) is 2.13. The van der Waals surface area contributed by atoms with Crippen LogP contribution in [0.2, 0.25) is 10.0 Å². The average Bonchev–Trinajstić information content (AvgIpc) is 2.41. The summed E-state index contributed by atoms with van der Waals surface area (Å²) in [5.41, 5.74) is 0.785. The van der Waals surface area contributed by atoms with E-state index in [0.717, 1.165) is 31.6 Å². The summed E-state index contributed by atoms with van der Waals surface area (Å²) < 4.78 is 0. The van der Waals surface area contributed by atoms with E-state index in [-0.39, 0.29) is 5.91 Å². The van der Waals surface area contributed by atoms with E-state index in [2.05, 4.69) is 11.9 Å². The largest absolute Gasteiger partial charge is 0.313 e. The number of rotatable bonds is 4. The number of likely N-dealkylation sites (tertiary alicyclic amines) is 1. The summed E-state index contributed by atoms with van der Waals surface area (Å²) in [5, 5.41) is 1.12. The molecule has 1 fully saturated rings. The Morgan fingerprint density at radius 1 is 1.24 bits per heavy atom. The summed E-state index contributed by atoms with van der Waals surface area (Å²) in [6.45, 7) is 4.75. The molecule has 1 aromatic rings. The molecule has 1 aliphatic rings. The first kappa shape index (κ1) is 16.6. The van der Waals surface area contributed by atoms with E-state index in [1.165, 1.54) is 0 Å². The molecule has 0 spiro atoms. The van der Waals surface area contributed by atoms with Crippen LogP contribution in [-0.2, 0) is 4.79 Å². The van der Waals surface area contributed by atoms with Gasteiger partial charge < -0.3 is 9.80 Å². The van der Waals surface area contributed by atoms with Crippen LogP contribution in [0.4, 0.5) is 5.69 Å². The van der Waals surface area contributed by atoms with Crippen molar-refractivity contribution >= 4 is 34.8 Å². The van der Waals surface area contributed by atoms with Crippen molar-refractivity contribution in [2.45, 2.75) is 26.2 Å². The van der Waals surface area contributed by atoms with Gasteiger partial charge in [-0.2, -0.15) is 0 Å². The van der Waals surface area contributed by atoms with Crippen molar-refractivity contribution in [3.05, 3.63) is 28.2 Å². The molecule has 1 aliphatic heterocycles. The summed E-state index contributed by atoms with van der Waals surface area (Å²) in [6.07, 6.45) is 2.79. The average molecular weight is 329 g/mol. The third-order valence-corrected chi connectivity index (χ3v) is 4.51. The number of benzene rings is 1. The van der Waals surface area contributed by atoms with Crippen LogP contribution in [-0.4, -0.2) is 37.5 Å². The lowest BCUT2D eigenvalue weighted by Crippen LogP contribution is -2.36. The lowest BCUT2D eigenvalue weighted by Gasteiger charge is -2.30. The van der Waals surface area contributed by atoms with Gasteiger partial charge in [-0.15, -0.1) is 0 Å². The molecule has 0 radical (unpaired) electrons. The zero-order valence-corrected chi connectivity index (χ0v) is 14.1. The summed E-state index contributed by atoms with van der Waals surface area (Å²) >= 11 is 12.1. The number of carbonyl (C=O) groups is 1. The molecular weight excluding hydrogens is 307 g/mol. The molecule has 0 atom stereocenters. The Labute approximate surface area is 136 Å². The van der Waals surface area contributed by atoms with Crippen LogP contribution < -0.4 is 4.90 Å². The number of halogens is 2. The minimum atomic E-state index is 0.158. The Hall–Kier alpha value is -0.770. The van der Waals surface area contributed by atoms with Crippen LogP contribution >= 0.6 is 23.2 Å². The third kappa shape index (κ3) is 4.60. The lowest BCUT2D eigenvalue weighted by atomic mass is 9.93. The van der Waals surface area contributed by atoms with Crippen molar-refractivity contribution in [3.63, 3.8) is 0 Å². The maximum atomic E-state index is 12.6. The van der Waals surface area contributed by atoms with Crippen LogP contribution in [0.3, 0.4) is 0 Å². The lowest BCUT2D eigenvalue weighted by molar-refractivity contribution is -0.119. The zero-order valence-electron chi connectivity index (χ0n) is 12.6. The second-order valence-corrected chi connectivity index (χ2v) is 6.59. The quantitative estimate of drug-likeness (QED) is 0.831. The van der Waals surface area contributed by atoms with Crippen LogP contribution in [0.15, 0.2) is 18.2 Å². The molecule has 1 saturated heterocycles. The number of carbonyl (C=O) groups excluding carboxylic acids is 1. The van der Waals surface area contributed by atoms with Crippen molar-refractivity contribution in [1.82, 2.24) is 4.90 Å². The van der Waals surface area contributed by atoms with Crippen molar-refractivity contribution in [1.29, 1.82) is 0 Å². The van der Waals surface area contributed by atoms with Gasteiger partial charge in [-0.1, -0.05) is 23.2 Å². The molecule has 0 N–H and O–H groups in total. The van der Waals surface area contributed by atoms with Gasteiger partial charge in [-0.25, -0.2) is 0 Å². The van der Waals surface area contributed by atoms with E-state index in [1.807, 2.05) is 6.92 Å². The first-order valence-corrected chi connectivity index (χ1v) is 8.20. The molecule has 1 amide bonds. The van der Waals surface area contributed by atoms with Crippen molar-refractivity contribution in [3.8, 4) is 0 Å². The highest BCUT2D eigenvalue weighted by molar-refractivity contribution is 6.35. The summed E-state index contributed by atoms with van der Waals surface area (Å²) in [6, 6.07) is 5.27. The van der Waals surface area contributed by atoms with Crippen molar-refractivity contribution in [2.75, 3.05) is 31.6 Å². The van der Waals surface area contributed by atoms with Crippen LogP contribution in [0.1, 0.15) is 26.2 Å². The SMILES string of the molecule is CCN(C(=O)CC1CCN(C)CC1)c1cc(Cl)cc(Cl)c1. The minimum absolute atomic E-state index is 0.158. The van der Waals surface area contributed by atoms with Crippen molar-refractivity contribution in [2.24, 2.45) is 5.92 Å². The van der Waals surface area contributed by atoms with E-state index < -0.39 is 0 Å². The molecule has 1 heterocycles. The van der Waals surface area contributed by atoms with Crippen molar-refractivity contribution < 1.29 is 4.79 Å². The number of anilines is 1. The molecule has 3 nitrogen and oxygen atoms in total. The molecule has 0 aromatic heterocycles. The Balaban J connectivity index is 2.04. The first-order valence-electron chi connectivity index (χ1n) is 7.44. The topological polar surface area (TPSA) is 23.6 Å². The third-order valence-electron chi connectivity index (χ3n) is 4.08. The highest BCUT2D eigenvalue weighted by Gasteiger charge is 2.23. The van der Waals surface area contributed by atoms with E-state index in [0.29, 0.717) is 28.9 Å². The van der Waals surface area contributed by atoms with Gasteiger partial charge in [0.05, 0.1) is 0 Å². The molecule has 21 heavy (non-hydrogen) atoms. The van der Waals surface area contributed by atoms with E-state index >= 15 is 0 Å². The van der Waals surface area contributed by atoms with E-state index in [1.54, 1.807) is 23.1 Å². The second-order valence-electron chi connectivity index (χ2n) is 5.72. The fourth-order valence-corrected chi connectivity index (χ4v) is 3.34. The standard InChI is InChI=1S/C16H22Cl2N2O/c1-3-20(15-10-13(17)9-14(18)11-15)16(21)8-12-4-6-19(2)7-5-12/h9-12H,3-8H2,1-2H3. The zero-order chi connectivity index (χ0) is 15.4. The highest BCUT2D eigenvalue weighted by atomic mass is 35.5. The molecule has 116 valence electrons. The monoisotopic (exact) mass is 328 g/mol. The maximum Gasteiger partial charge on any atom is 0.227 e. The molecule has 1 aromatic carbocycles. The number of piperidine rings is 1. The number of amides is 1. The Kier molecular flexibility index (Phi) is 5.91. The molecular formula is C16H22Cl2N2O. The highest BCUT2D eigenvalue weighted by Crippen LogP contribution is 2.27. The van der Waals surface area contributed by atoms with E-state index in [9.17, 15) is 4.79 Å². The van der Waals surface area contributed by atoms with Gasteiger partial charge in [-0.3, -0.25) is 4.79 Å². The Morgan fingerprint density at radius 2 is 1.81 bits per heavy atom. The molecule has 0 bridgehead atoms. The minimum Gasteiger partial charge on any atom is -0.313 e. The normalized spacial score (nSPS) is 17.0. The fraction of sp³-hybridized carbons (Fsp3) is 0.562. The van der Waals surface area contributed by atoms with Gasteiger partial charge >= 0.3 is 0 Å². The molecule has 5 heteroatoms. The molecule has 0 saturated carbocycles. The summed E-state index contributed by atoms with van der Waals surface area (Å²) in [5.74, 6) is 0.641. The van der Waals surface area contributed by atoms with Gasteiger partial charge in [0, 0.05) is 28.7 Å². The number of hydrogen-bond acceptors (Lipinski definition) is 2. The smallest absolute Gasteiger partial charge is 0.227 e. The molecule has 0 aliphatic carbocycles. The Morgan fingerprint density at radius 3 is 2.33 bits per heavy atom. The van der Waals surface area contributed by atoms with E-state index in [4.69, 9.17) is 23.2 Å². The van der Waals surface area contributed by atoms with Crippen LogP contribution in [0.25, 0.3) is 0 Å². The number of nitrogens with zero attached hydrogens (tertiary/aromatic N) is 2. The van der Waals surface area contributed by atoms with Gasteiger partial charge in [0.2, 0.25) is 5.91 Å². The number of hydrogen-bond donors (Lipinski definition) is 0. The first-order chi connectivity index (χ1) is 9.99. The Bertz CT molecular complexity index is 479. The summed E-state index contributed by atoms with van der Waals surface area (Å²) in [4.78, 5) is 16.7. The fourth-order valence-electron chi connectivity index (χ4n) is 2.82. The van der Waals surface area contributed by atoms with Crippen LogP contribution in [0, 0.1) is 5.92 Å². The maximum absolute atomic E-state index is 12.6. The molecule has 0 unspecified atom stereocenters. The predicted molar refractivity (Wildman–Crippen MR) is 89.3 cm³/mol. The molecule has 2 rings (SSSR count). The predicted octanol–water partition coefficient (Wildman–Crippen LogP) is 4.08. The van der Waals surface area contributed by atoms with Gasteiger partial charge in [0.25, 0.3) is 0 Å². The second kappa shape index (κ2) is 7.48.